The zero-order chi connectivity index (χ0) is 14.5. The molecule has 20 heavy (non-hydrogen) atoms. The topological polar surface area (TPSA) is 24.3 Å². The van der Waals surface area contributed by atoms with Crippen molar-refractivity contribution in [2.75, 3.05) is 33.2 Å². The van der Waals surface area contributed by atoms with Crippen LogP contribution in [0.5, 0.6) is 0 Å². The molecule has 2 unspecified atom stereocenters. The molecule has 0 amide bonds. The molecule has 1 aromatic rings. The highest BCUT2D eigenvalue weighted by molar-refractivity contribution is 5.21. The van der Waals surface area contributed by atoms with Gasteiger partial charge in [0.05, 0.1) is 6.20 Å². The molecule has 0 radical (unpaired) electrons. The lowest BCUT2D eigenvalue weighted by molar-refractivity contribution is -0.144. The van der Waals surface area contributed by atoms with Gasteiger partial charge in [0.15, 0.2) is 0 Å². The third kappa shape index (κ3) is 2.44. The largest absolute Gasteiger partial charge is 0.433 e. The molecule has 2 aliphatic heterocycles. The van der Waals surface area contributed by atoms with E-state index >= 15 is 0 Å². The van der Waals surface area contributed by atoms with Gasteiger partial charge in [0, 0.05) is 45.3 Å². The molecule has 0 N–H and O–H groups in total. The molecule has 7 heteroatoms. The zero-order valence-corrected chi connectivity index (χ0v) is 11.7. The van der Waals surface area contributed by atoms with Crippen LogP contribution in [0.3, 0.4) is 0 Å². The van der Waals surface area contributed by atoms with Gasteiger partial charge in [0.1, 0.15) is 5.69 Å². The van der Waals surface area contributed by atoms with Crippen LogP contribution in [0.25, 0.3) is 0 Å². The lowest BCUT2D eigenvalue weighted by atomic mass is 10.0. The van der Waals surface area contributed by atoms with E-state index in [-0.39, 0.29) is 5.56 Å². The summed E-state index contributed by atoms with van der Waals surface area (Å²) in [7, 11) is 3.45. The normalized spacial score (nSPS) is 28.2. The van der Waals surface area contributed by atoms with Crippen molar-refractivity contribution < 1.29 is 13.2 Å². The highest BCUT2D eigenvalue weighted by atomic mass is 19.4. The van der Waals surface area contributed by atoms with Gasteiger partial charge in [0.2, 0.25) is 0 Å². The number of hydrogen-bond donors (Lipinski definition) is 0. The molecule has 3 rings (SSSR count). The Kier molecular flexibility index (Phi) is 3.29. The predicted octanol–water partition coefficient (Wildman–Crippen LogP) is 1.43. The summed E-state index contributed by atoms with van der Waals surface area (Å²) < 4.78 is 40.0. The average molecular weight is 288 g/mol. The van der Waals surface area contributed by atoms with Gasteiger partial charge in [-0.2, -0.15) is 18.3 Å². The zero-order valence-electron chi connectivity index (χ0n) is 11.7. The fraction of sp³-hybridized carbons (Fsp3) is 0.769. The van der Waals surface area contributed by atoms with Crippen molar-refractivity contribution in [1.29, 1.82) is 0 Å². The van der Waals surface area contributed by atoms with Crippen LogP contribution in [-0.2, 0) is 19.8 Å². The van der Waals surface area contributed by atoms with Gasteiger partial charge in [-0.1, -0.05) is 0 Å². The SMILES string of the molecule is CN1CC2CN(Cc3cnn(C)c3C(F)(F)F)CC2C1. The van der Waals surface area contributed by atoms with Crippen LogP contribution in [0, 0.1) is 11.8 Å². The Hall–Kier alpha value is -1.08. The van der Waals surface area contributed by atoms with E-state index in [2.05, 4.69) is 21.9 Å². The number of likely N-dealkylation sites (tertiary alicyclic amines) is 2. The summed E-state index contributed by atoms with van der Waals surface area (Å²) in [6.07, 6.45) is -2.99. The highest BCUT2D eigenvalue weighted by Crippen LogP contribution is 2.35. The average Bonchev–Trinajstić information content (AvgIpc) is 2.91. The Morgan fingerprint density at radius 3 is 2.30 bits per heavy atom. The second kappa shape index (κ2) is 4.73. The second-order valence-corrected chi connectivity index (χ2v) is 6.08. The van der Waals surface area contributed by atoms with Crippen molar-refractivity contribution in [3.05, 3.63) is 17.5 Å². The molecule has 0 aromatic carbocycles. The van der Waals surface area contributed by atoms with Gasteiger partial charge in [-0.25, -0.2) is 0 Å². The predicted molar refractivity (Wildman–Crippen MR) is 68.0 cm³/mol. The van der Waals surface area contributed by atoms with E-state index in [9.17, 15) is 13.2 Å². The number of rotatable bonds is 2. The number of alkyl halides is 3. The Balaban J connectivity index is 1.71. The fourth-order valence-corrected chi connectivity index (χ4v) is 3.66. The third-order valence-electron chi connectivity index (χ3n) is 4.42. The second-order valence-electron chi connectivity index (χ2n) is 6.08. The van der Waals surface area contributed by atoms with E-state index in [1.807, 2.05) is 0 Å². The Labute approximate surface area is 116 Å². The number of aryl methyl sites for hydroxylation is 1. The summed E-state index contributed by atoms with van der Waals surface area (Å²) in [6, 6.07) is 0. The molecule has 2 saturated heterocycles. The summed E-state index contributed by atoms with van der Waals surface area (Å²) in [6.45, 7) is 4.24. The van der Waals surface area contributed by atoms with E-state index in [4.69, 9.17) is 0 Å². The van der Waals surface area contributed by atoms with Crippen LogP contribution in [-0.4, -0.2) is 52.8 Å². The van der Waals surface area contributed by atoms with E-state index < -0.39 is 11.9 Å². The van der Waals surface area contributed by atoms with E-state index in [0.29, 0.717) is 18.4 Å². The molecule has 0 saturated carbocycles. The first-order valence-electron chi connectivity index (χ1n) is 6.83. The van der Waals surface area contributed by atoms with Gasteiger partial charge in [-0.15, -0.1) is 0 Å². The summed E-state index contributed by atoms with van der Waals surface area (Å²) in [4.78, 5) is 4.44. The molecule has 0 bridgehead atoms. The first kappa shape index (κ1) is 13.9. The maximum absolute atomic E-state index is 13.0. The first-order chi connectivity index (χ1) is 9.34. The van der Waals surface area contributed by atoms with Crippen LogP contribution in [0.4, 0.5) is 13.2 Å². The van der Waals surface area contributed by atoms with Gasteiger partial charge in [-0.3, -0.25) is 9.58 Å². The molecule has 3 heterocycles. The number of hydrogen-bond acceptors (Lipinski definition) is 3. The third-order valence-corrected chi connectivity index (χ3v) is 4.42. The highest BCUT2D eigenvalue weighted by Gasteiger charge is 2.41. The molecular weight excluding hydrogens is 269 g/mol. The number of nitrogens with zero attached hydrogens (tertiary/aromatic N) is 4. The van der Waals surface area contributed by atoms with Crippen molar-refractivity contribution in [1.82, 2.24) is 19.6 Å². The van der Waals surface area contributed by atoms with Crippen LogP contribution in [0.2, 0.25) is 0 Å². The molecule has 1 aromatic heterocycles. The van der Waals surface area contributed by atoms with Crippen molar-refractivity contribution in [2.24, 2.45) is 18.9 Å². The fourth-order valence-electron chi connectivity index (χ4n) is 3.66. The molecule has 2 fully saturated rings. The molecule has 4 nitrogen and oxygen atoms in total. The summed E-state index contributed by atoms with van der Waals surface area (Å²) in [5.41, 5.74) is -0.333. The smallest absolute Gasteiger partial charge is 0.306 e. The molecule has 0 spiro atoms. The Morgan fingerprint density at radius 2 is 1.75 bits per heavy atom. The summed E-state index contributed by atoms with van der Waals surface area (Å²) in [5.74, 6) is 1.21. The first-order valence-corrected chi connectivity index (χ1v) is 6.83. The van der Waals surface area contributed by atoms with Gasteiger partial charge in [-0.05, 0) is 18.9 Å². The van der Waals surface area contributed by atoms with Crippen LogP contribution in [0.1, 0.15) is 11.3 Å². The van der Waals surface area contributed by atoms with Gasteiger partial charge in [0.25, 0.3) is 0 Å². The van der Waals surface area contributed by atoms with Crippen molar-refractivity contribution >= 4 is 0 Å². The quantitative estimate of drug-likeness (QED) is 0.823. The summed E-state index contributed by atoms with van der Waals surface area (Å²) in [5, 5.41) is 3.77. The van der Waals surface area contributed by atoms with E-state index in [1.54, 1.807) is 0 Å². The van der Waals surface area contributed by atoms with Gasteiger partial charge >= 0.3 is 6.18 Å². The van der Waals surface area contributed by atoms with E-state index in [0.717, 1.165) is 30.9 Å². The molecule has 0 aliphatic carbocycles. The number of fused-ring (bicyclic) bond motifs is 1. The molecule has 112 valence electrons. The standard InChI is InChI=1S/C13H19F3N4/c1-18-4-10-7-20(8-11(10)5-18)6-9-3-17-19(2)12(9)13(14,15)16/h3,10-11H,4-8H2,1-2H3. The maximum Gasteiger partial charge on any atom is 0.433 e. The minimum atomic E-state index is -4.34. The molecular formula is C13H19F3N4. The van der Waals surface area contributed by atoms with Gasteiger partial charge < -0.3 is 4.90 Å². The minimum Gasteiger partial charge on any atom is -0.306 e. The lowest BCUT2D eigenvalue weighted by Gasteiger charge is -2.19. The van der Waals surface area contributed by atoms with E-state index in [1.165, 1.54) is 13.2 Å². The van der Waals surface area contributed by atoms with Crippen LogP contribution < -0.4 is 0 Å². The molecule has 2 atom stereocenters. The minimum absolute atomic E-state index is 0.285. The Bertz CT molecular complexity index is 482. The molecule has 2 aliphatic rings. The Morgan fingerprint density at radius 1 is 1.15 bits per heavy atom. The maximum atomic E-state index is 13.0. The van der Waals surface area contributed by atoms with Crippen LogP contribution >= 0.6 is 0 Å². The number of aromatic nitrogens is 2. The lowest BCUT2D eigenvalue weighted by Crippen LogP contribution is -2.27. The van der Waals surface area contributed by atoms with Crippen molar-refractivity contribution in [3.8, 4) is 0 Å². The summed E-state index contributed by atoms with van der Waals surface area (Å²) >= 11 is 0. The van der Waals surface area contributed by atoms with Crippen molar-refractivity contribution in [3.63, 3.8) is 0 Å². The number of halogens is 3. The monoisotopic (exact) mass is 288 g/mol. The van der Waals surface area contributed by atoms with Crippen LogP contribution in [0.15, 0.2) is 6.20 Å². The van der Waals surface area contributed by atoms with Crippen molar-refractivity contribution in [2.45, 2.75) is 12.7 Å².